The van der Waals surface area contributed by atoms with E-state index in [9.17, 15) is 9.59 Å². The Balaban J connectivity index is 2.34. The number of rotatable bonds is 2. The number of likely N-dealkylation sites (tertiary alicyclic amines) is 1. The van der Waals surface area contributed by atoms with Gasteiger partial charge in [0, 0.05) is 12.0 Å². The van der Waals surface area contributed by atoms with Gasteiger partial charge in [-0.25, -0.2) is 0 Å². The van der Waals surface area contributed by atoms with Gasteiger partial charge in [0.2, 0.25) is 0 Å². The van der Waals surface area contributed by atoms with Gasteiger partial charge in [-0.2, -0.15) is 0 Å². The van der Waals surface area contributed by atoms with E-state index in [-0.39, 0.29) is 23.8 Å². The molecule has 1 saturated heterocycles. The number of carbonyl (C=O) groups excluding carboxylic acids is 2. The number of piperidine rings is 1. The summed E-state index contributed by atoms with van der Waals surface area (Å²) in [6.07, 6.45) is 1.25. The number of nitrogens with zero attached hydrogens (tertiary/aromatic N) is 1. The molecule has 1 fully saturated rings. The van der Waals surface area contributed by atoms with E-state index < -0.39 is 0 Å². The summed E-state index contributed by atoms with van der Waals surface area (Å²) >= 11 is 0. The van der Waals surface area contributed by atoms with E-state index in [1.807, 2.05) is 19.9 Å². The van der Waals surface area contributed by atoms with Gasteiger partial charge in [0.15, 0.2) is 5.78 Å². The van der Waals surface area contributed by atoms with Crippen molar-refractivity contribution >= 4 is 11.7 Å². The van der Waals surface area contributed by atoms with E-state index in [2.05, 4.69) is 0 Å². The molecule has 4 heteroatoms. The third-order valence-electron chi connectivity index (χ3n) is 3.66. The molecule has 0 N–H and O–H groups in total. The summed E-state index contributed by atoms with van der Waals surface area (Å²) in [5.41, 5.74) is 0.207. The van der Waals surface area contributed by atoms with E-state index in [1.165, 1.54) is 0 Å². The number of ketones is 1. The molecule has 1 aromatic carbocycles. The summed E-state index contributed by atoms with van der Waals surface area (Å²) in [5, 5.41) is 0. The van der Waals surface area contributed by atoms with Gasteiger partial charge in [0.25, 0.3) is 5.91 Å². The molecule has 19 heavy (non-hydrogen) atoms. The first-order valence-corrected chi connectivity index (χ1v) is 6.42. The molecule has 0 radical (unpaired) electrons. The van der Waals surface area contributed by atoms with Gasteiger partial charge in [-0.3, -0.25) is 9.59 Å². The maximum absolute atomic E-state index is 12.6. The molecule has 1 aliphatic heterocycles. The Hall–Kier alpha value is -1.84. The molecular formula is C15H19NO3. The van der Waals surface area contributed by atoms with Crippen LogP contribution in [-0.4, -0.2) is 35.8 Å². The Kier molecular flexibility index (Phi) is 3.60. The average molecular weight is 261 g/mol. The molecule has 2 rings (SSSR count). The number of carbonyl (C=O) groups is 2. The summed E-state index contributed by atoms with van der Waals surface area (Å²) in [4.78, 5) is 25.9. The van der Waals surface area contributed by atoms with Gasteiger partial charge < -0.3 is 9.64 Å². The minimum Gasteiger partial charge on any atom is -0.496 e. The van der Waals surface area contributed by atoms with Crippen LogP contribution in [0.2, 0.25) is 0 Å². The molecule has 1 aromatic rings. The zero-order valence-electron chi connectivity index (χ0n) is 11.6. The van der Waals surface area contributed by atoms with Crippen molar-refractivity contribution in [1.82, 2.24) is 4.90 Å². The highest BCUT2D eigenvalue weighted by Crippen LogP contribution is 2.29. The fourth-order valence-electron chi connectivity index (χ4n) is 2.36. The minimum absolute atomic E-state index is 0.113. The zero-order chi connectivity index (χ0) is 14.0. The Morgan fingerprint density at radius 3 is 2.68 bits per heavy atom. The van der Waals surface area contributed by atoms with Crippen molar-refractivity contribution in [3.05, 3.63) is 29.8 Å². The van der Waals surface area contributed by atoms with Crippen LogP contribution in [0.4, 0.5) is 0 Å². The number of hydrogen-bond acceptors (Lipinski definition) is 3. The summed E-state index contributed by atoms with van der Waals surface area (Å²) in [6, 6.07) is 7.11. The van der Waals surface area contributed by atoms with Crippen LogP contribution < -0.4 is 4.74 Å². The Morgan fingerprint density at radius 2 is 2.00 bits per heavy atom. The standard InChI is InChI=1S/C15H19NO3/c1-15(2)9-8-11(17)10-16(15)14(18)12-6-4-5-7-13(12)19-3/h4-7H,8-10H2,1-3H3. The molecule has 0 atom stereocenters. The van der Waals surface area contributed by atoms with E-state index in [1.54, 1.807) is 30.2 Å². The second-order valence-electron chi connectivity index (χ2n) is 5.44. The van der Waals surface area contributed by atoms with E-state index in [4.69, 9.17) is 4.74 Å². The number of ether oxygens (including phenoxy) is 1. The maximum atomic E-state index is 12.6. The number of Topliss-reactive ketones (excluding diaryl/α,β-unsaturated/α-hetero) is 1. The van der Waals surface area contributed by atoms with Crippen LogP contribution in [0.25, 0.3) is 0 Å². The molecule has 1 aliphatic rings. The first-order valence-electron chi connectivity index (χ1n) is 6.42. The summed E-state index contributed by atoms with van der Waals surface area (Å²) < 4.78 is 5.22. The van der Waals surface area contributed by atoms with Gasteiger partial charge in [-0.15, -0.1) is 0 Å². The van der Waals surface area contributed by atoms with E-state index in [0.717, 1.165) is 0 Å². The van der Waals surface area contributed by atoms with Gasteiger partial charge in [-0.05, 0) is 32.4 Å². The number of hydrogen-bond donors (Lipinski definition) is 0. The van der Waals surface area contributed by atoms with Crippen molar-refractivity contribution < 1.29 is 14.3 Å². The average Bonchev–Trinajstić information content (AvgIpc) is 2.40. The highest BCUT2D eigenvalue weighted by Gasteiger charge is 2.37. The lowest BCUT2D eigenvalue weighted by Gasteiger charge is -2.41. The number of benzene rings is 1. The summed E-state index contributed by atoms with van der Waals surface area (Å²) in [6.45, 7) is 4.17. The van der Waals surface area contributed by atoms with Crippen molar-refractivity contribution in [2.45, 2.75) is 32.2 Å². The van der Waals surface area contributed by atoms with Gasteiger partial charge in [0.1, 0.15) is 5.75 Å². The molecule has 0 spiro atoms. The van der Waals surface area contributed by atoms with Gasteiger partial charge >= 0.3 is 0 Å². The SMILES string of the molecule is COc1ccccc1C(=O)N1CC(=O)CCC1(C)C. The number of methoxy groups -OCH3 is 1. The zero-order valence-corrected chi connectivity index (χ0v) is 11.6. The van der Waals surface area contributed by atoms with Crippen LogP contribution in [-0.2, 0) is 4.79 Å². The molecular weight excluding hydrogens is 242 g/mol. The first-order chi connectivity index (χ1) is 8.95. The third kappa shape index (κ3) is 2.62. The lowest BCUT2D eigenvalue weighted by atomic mass is 9.89. The van der Waals surface area contributed by atoms with Crippen LogP contribution in [0, 0.1) is 0 Å². The van der Waals surface area contributed by atoms with E-state index >= 15 is 0 Å². The minimum atomic E-state index is -0.300. The quantitative estimate of drug-likeness (QED) is 0.820. The third-order valence-corrected chi connectivity index (χ3v) is 3.66. The molecule has 102 valence electrons. The Labute approximate surface area is 113 Å². The highest BCUT2D eigenvalue weighted by molar-refractivity contribution is 6.00. The predicted molar refractivity (Wildman–Crippen MR) is 72.4 cm³/mol. The molecule has 1 amide bonds. The largest absolute Gasteiger partial charge is 0.496 e. The monoisotopic (exact) mass is 261 g/mol. The van der Waals surface area contributed by atoms with E-state index in [0.29, 0.717) is 24.2 Å². The van der Waals surface area contributed by atoms with Crippen molar-refractivity contribution in [3.63, 3.8) is 0 Å². The van der Waals surface area contributed by atoms with Crippen LogP contribution in [0.15, 0.2) is 24.3 Å². The lowest BCUT2D eigenvalue weighted by molar-refractivity contribution is -0.124. The van der Waals surface area contributed by atoms with Crippen LogP contribution in [0.5, 0.6) is 5.75 Å². The van der Waals surface area contributed by atoms with Crippen molar-refractivity contribution in [1.29, 1.82) is 0 Å². The Bertz CT molecular complexity index is 508. The molecule has 0 unspecified atom stereocenters. The van der Waals surface area contributed by atoms with Crippen molar-refractivity contribution in [3.8, 4) is 5.75 Å². The fraction of sp³-hybridized carbons (Fsp3) is 0.467. The van der Waals surface area contributed by atoms with Gasteiger partial charge in [0.05, 0.1) is 19.2 Å². The number of amides is 1. The van der Waals surface area contributed by atoms with Crippen molar-refractivity contribution in [2.24, 2.45) is 0 Å². The van der Waals surface area contributed by atoms with Crippen molar-refractivity contribution in [2.75, 3.05) is 13.7 Å². The fourth-order valence-corrected chi connectivity index (χ4v) is 2.36. The predicted octanol–water partition coefficient (Wildman–Crippen LogP) is 2.28. The number of para-hydroxylation sites is 1. The molecule has 1 heterocycles. The highest BCUT2D eigenvalue weighted by atomic mass is 16.5. The van der Waals surface area contributed by atoms with Crippen LogP contribution in [0.1, 0.15) is 37.0 Å². The maximum Gasteiger partial charge on any atom is 0.258 e. The molecule has 4 nitrogen and oxygen atoms in total. The lowest BCUT2D eigenvalue weighted by Crippen LogP contribution is -2.53. The van der Waals surface area contributed by atoms with Gasteiger partial charge in [-0.1, -0.05) is 12.1 Å². The second kappa shape index (κ2) is 5.03. The van der Waals surface area contributed by atoms with Crippen LogP contribution >= 0.6 is 0 Å². The molecule has 0 aromatic heterocycles. The summed E-state index contributed by atoms with van der Waals surface area (Å²) in [5.74, 6) is 0.513. The molecule has 0 aliphatic carbocycles. The molecule has 0 bridgehead atoms. The second-order valence-corrected chi connectivity index (χ2v) is 5.44. The summed E-state index contributed by atoms with van der Waals surface area (Å²) in [7, 11) is 1.54. The first kappa shape index (κ1) is 13.6. The van der Waals surface area contributed by atoms with Crippen LogP contribution in [0.3, 0.4) is 0 Å². The molecule has 0 saturated carbocycles. The smallest absolute Gasteiger partial charge is 0.258 e. The normalized spacial score (nSPS) is 18.3. The Morgan fingerprint density at radius 1 is 1.32 bits per heavy atom. The topological polar surface area (TPSA) is 46.6 Å².